The van der Waals surface area contributed by atoms with Gasteiger partial charge in [-0.15, -0.1) is 0 Å². The zero-order chi connectivity index (χ0) is 12.9. The van der Waals surface area contributed by atoms with Crippen molar-refractivity contribution in [2.24, 2.45) is 0 Å². The van der Waals surface area contributed by atoms with Gasteiger partial charge in [-0.05, 0) is 31.0 Å². The van der Waals surface area contributed by atoms with E-state index < -0.39 is 0 Å². The Morgan fingerprint density at radius 2 is 2.11 bits per heavy atom. The van der Waals surface area contributed by atoms with Crippen molar-refractivity contribution in [3.05, 3.63) is 28.2 Å². The fraction of sp³-hybridized carbons (Fsp3) is 0.385. The number of fused-ring (bicyclic) bond motifs is 2. The zero-order valence-electron chi connectivity index (χ0n) is 10.0. The molecule has 2 heterocycles. The van der Waals surface area contributed by atoms with Crippen LogP contribution in [0.1, 0.15) is 23.2 Å². The first kappa shape index (κ1) is 11.7. The second-order valence-corrected chi connectivity index (χ2v) is 5.63. The van der Waals surface area contributed by atoms with E-state index >= 15 is 0 Å². The summed E-state index contributed by atoms with van der Waals surface area (Å²) in [5, 5.41) is 0. The molecule has 1 unspecified atom stereocenters. The highest BCUT2D eigenvalue weighted by molar-refractivity contribution is 9.10. The number of carbonyl (C=O) groups is 2. The fourth-order valence-corrected chi connectivity index (χ4v) is 3.10. The summed E-state index contributed by atoms with van der Waals surface area (Å²) < 4.78 is 0.855. The number of benzene rings is 1. The lowest BCUT2D eigenvalue weighted by atomic mass is 10.1. The van der Waals surface area contributed by atoms with E-state index in [4.69, 9.17) is 0 Å². The maximum atomic E-state index is 12.5. The lowest BCUT2D eigenvalue weighted by Gasteiger charge is -2.22. The molecule has 1 saturated heterocycles. The number of nitrogens with zero attached hydrogens (tertiary/aromatic N) is 2. The summed E-state index contributed by atoms with van der Waals surface area (Å²) in [6, 6.07) is 5.18. The molecule has 1 aromatic rings. The Morgan fingerprint density at radius 3 is 2.89 bits per heavy atom. The number of rotatable bonds is 0. The lowest BCUT2D eigenvalue weighted by Crippen LogP contribution is -2.43. The highest BCUT2D eigenvalue weighted by atomic mass is 79.9. The van der Waals surface area contributed by atoms with E-state index in [1.165, 1.54) is 0 Å². The van der Waals surface area contributed by atoms with Crippen molar-refractivity contribution in [2.45, 2.75) is 18.9 Å². The molecular formula is C13H13BrN2O2. The Bertz CT molecular complexity index is 544. The van der Waals surface area contributed by atoms with Crippen LogP contribution in [-0.4, -0.2) is 36.3 Å². The summed E-state index contributed by atoms with van der Waals surface area (Å²) in [5.74, 6) is -0.0200. The van der Waals surface area contributed by atoms with Gasteiger partial charge in [0.25, 0.3) is 5.91 Å². The Balaban J connectivity index is 2.18. The Morgan fingerprint density at radius 1 is 1.33 bits per heavy atom. The van der Waals surface area contributed by atoms with Crippen LogP contribution in [0.4, 0.5) is 5.69 Å². The van der Waals surface area contributed by atoms with E-state index in [1.807, 2.05) is 12.1 Å². The Hall–Kier alpha value is -1.36. The molecule has 18 heavy (non-hydrogen) atoms. The summed E-state index contributed by atoms with van der Waals surface area (Å²) in [4.78, 5) is 28.1. The highest BCUT2D eigenvalue weighted by Gasteiger charge is 2.40. The van der Waals surface area contributed by atoms with E-state index in [1.54, 1.807) is 22.9 Å². The van der Waals surface area contributed by atoms with E-state index in [9.17, 15) is 9.59 Å². The third-order valence-corrected chi connectivity index (χ3v) is 4.17. The Kier molecular flexibility index (Phi) is 2.66. The van der Waals surface area contributed by atoms with Crippen molar-refractivity contribution < 1.29 is 9.59 Å². The molecule has 4 nitrogen and oxygen atoms in total. The highest BCUT2D eigenvalue weighted by Crippen LogP contribution is 2.32. The minimum Gasteiger partial charge on any atom is -0.327 e. The fourth-order valence-electron chi connectivity index (χ4n) is 2.74. The predicted octanol–water partition coefficient (Wildman–Crippen LogP) is 2.03. The van der Waals surface area contributed by atoms with Crippen molar-refractivity contribution in [1.82, 2.24) is 4.90 Å². The van der Waals surface area contributed by atoms with Crippen molar-refractivity contribution in [1.29, 1.82) is 0 Å². The number of hydrogen-bond donors (Lipinski definition) is 0. The molecule has 1 atom stereocenters. The maximum absolute atomic E-state index is 12.5. The van der Waals surface area contributed by atoms with Gasteiger partial charge >= 0.3 is 0 Å². The average molecular weight is 309 g/mol. The minimum absolute atomic E-state index is 0.0157. The Labute approximate surface area is 114 Å². The molecule has 1 fully saturated rings. The number of hydrogen-bond acceptors (Lipinski definition) is 2. The molecule has 2 amide bonds. The normalized spacial score (nSPS) is 22.9. The van der Waals surface area contributed by atoms with Crippen molar-refractivity contribution >= 4 is 33.4 Å². The third-order valence-electron chi connectivity index (χ3n) is 3.68. The van der Waals surface area contributed by atoms with Crippen molar-refractivity contribution in [3.8, 4) is 0 Å². The third kappa shape index (κ3) is 1.57. The molecule has 0 bridgehead atoms. The molecule has 2 aliphatic rings. The summed E-state index contributed by atoms with van der Waals surface area (Å²) in [6.07, 6.45) is 1.67. The molecule has 0 saturated carbocycles. The van der Waals surface area contributed by atoms with Crippen molar-refractivity contribution in [3.63, 3.8) is 0 Å². The molecule has 3 rings (SSSR count). The molecule has 0 aromatic heterocycles. The molecule has 0 aliphatic carbocycles. The van der Waals surface area contributed by atoms with Crippen LogP contribution in [0.25, 0.3) is 0 Å². The van der Waals surface area contributed by atoms with Gasteiger partial charge in [-0.1, -0.05) is 15.9 Å². The van der Waals surface area contributed by atoms with E-state index in [-0.39, 0.29) is 17.9 Å². The lowest BCUT2D eigenvalue weighted by molar-refractivity contribution is -0.121. The van der Waals surface area contributed by atoms with Crippen LogP contribution in [0, 0.1) is 0 Å². The molecular weight excluding hydrogens is 296 g/mol. The first-order valence-electron chi connectivity index (χ1n) is 5.97. The van der Waals surface area contributed by atoms with Crippen LogP contribution >= 0.6 is 15.9 Å². The van der Waals surface area contributed by atoms with Crippen LogP contribution in [0.2, 0.25) is 0 Å². The second kappa shape index (κ2) is 4.09. The van der Waals surface area contributed by atoms with Gasteiger partial charge in [-0.25, -0.2) is 0 Å². The van der Waals surface area contributed by atoms with Gasteiger partial charge in [0.15, 0.2) is 0 Å². The molecule has 0 radical (unpaired) electrons. The molecule has 0 N–H and O–H groups in total. The molecule has 5 heteroatoms. The monoisotopic (exact) mass is 308 g/mol. The average Bonchev–Trinajstić information content (AvgIpc) is 2.82. The van der Waals surface area contributed by atoms with E-state index in [0.717, 1.165) is 17.3 Å². The standard InChI is InChI=1S/C13H13BrN2O2/c1-15-10-5-4-8(14)7-9(10)12(17)16-6-2-3-11(16)13(15)18/h4-5,7,11H,2-3,6H2,1H3. The van der Waals surface area contributed by atoms with Gasteiger partial charge in [0, 0.05) is 18.1 Å². The van der Waals surface area contributed by atoms with Crippen LogP contribution in [0.15, 0.2) is 22.7 Å². The topological polar surface area (TPSA) is 40.6 Å². The van der Waals surface area contributed by atoms with Crippen LogP contribution in [0.5, 0.6) is 0 Å². The first-order valence-corrected chi connectivity index (χ1v) is 6.77. The zero-order valence-corrected chi connectivity index (χ0v) is 11.6. The van der Waals surface area contributed by atoms with Crippen molar-refractivity contribution in [2.75, 3.05) is 18.5 Å². The van der Waals surface area contributed by atoms with Crippen LogP contribution in [-0.2, 0) is 4.79 Å². The number of anilines is 1. The van der Waals surface area contributed by atoms with Gasteiger partial charge in [-0.3, -0.25) is 9.59 Å². The second-order valence-electron chi connectivity index (χ2n) is 4.72. The number of likely N-dealkylation sites (N-methyl/N-ethyl adjacent to an activating group) is 1. The van der Waals surface area contributed by atoms with Gasteiger partial charge < -0.3 is 9.80 Å². The SMILES string of the molecule is CN1C(=O)C2CCCN2C(=O)c2cc(Br)ccc21. The summed E-state index contributed by atoms with van der Waals surface area (Å²) in [5.41, 5.74) is 1.30. The molecule has 1 aromatic carbocycles. The quantitative estimate of drug-likeness (QED) is 0.736. The predicted molar refractivity (Wildman–Crippen MR) is 71.6 cm³/mol. The van der Waals surface area contributed by atoms with Crippen LogP contribution in [0.3, 0.4) is 0 Å². The molecule has 2 aliphatic heterocycles. The van der Waals surface area contributed by atoms with Crippen LogP contribution < -0.4 is 4.90 Å². The number of amides is 2. The van der Waals surface area contributed by atoms with Gasteiger partial charge in [0.05, 0.1) is 11.3 Å². The smallest absolute Gasteiger partial charge is 0.256 e. The molecule has 94 valence electrons. The maximum Gasteiger partial charge on any atom is 0.256 e. The van der Waals surface area contributed by atoms with Gasteiger partial charge in [-0.2, -0.15) is 0 Å². The number of carbonyl (C=O) groups excluding carboxylic acids is 2. The van der Waals surface area contributed by atoms with Gasteiger partial charge in [0.1, 0.15) is 6.04 Å². The summed E-state index contributed by atoms with van der Waals surface area (Å²) in [7, 11) is 1.74. The minimum atomic E-state index is -0.284. The molecule has 0 spiro atoms. The van der Waals surface area contributed by atoms with Gasteiger partial charge in [0.2, 0.25) is 5.91 Å². The van der Waals surface area contributed by atoms with E-state index in [2.05, 4.69) is 15.9 Å². The summed E-state index contributed by atoms with van der Waals surface area (Å²) >= 11 is 3.38. The number of halogens is 1. The van der Waals surface area contributed by atoms with E-state index in [0.29, 0.717) is 17.8 Å². The summed E-state index contributed by atoms with van der Waals surface area (Å²) in [6.45, 7) is 0.676. The largest absolute Gasteiger partial charge is 0.327 e. The first-order chi connectivity index (χ1) is 8.59.